The second kappa shape index (κ2) is 7.02. The van der Waals surface area contributed by atoms with Crippen molar-refractivity contribution < 1.29 is 4.79 Å². The Bertz CT molecular complexity index is 531. The van der Waals surface area contributed by atoms with E-state index in [1.54, 1.807) is 4.90 Å². The fourth-order valence-electron chi connectivity index (χ4n) is 3.12. The van der Waals surface area contributed by atoms with Gasteiger partial charge < -0.3 is 10.2 Å². The fraction of sp³-hybridized carbons (Fsp3) is 0.632. The van der Waals surface area contributed by atoms with Gasteiger partial charge >= 0.3 is 0 Å². The molecule has 4 heteroatoms. The topological polar surface area (TPSA) is 35.6 Å². The summed E-state index contributed by atoms with van der Waals surface area (Å²) in [6.45, 7) is 11.5. The number of hydrogen-bond donors (Lipinski definition) is 1. The number of carbonyl (C=O) groups excluding carboxylic acids is 1. The molecule has 0 radical (unpaired) electrons. The third-order valence-electron chi connectivity index (χ3n) is 4.53. The summed E-state index contributed by atoms with van der Waals surface area (Å²) in [7, 11) is 3.68. The summed E-state index contributed by atoms with van der Waals surface area (Å²) in [5.74, 6) is 0.155. The van der Waals surface area contributed by atoms with Crippen LogP contribution in [0.3, 0.4) is 0 Å². The van der Waals surface area contributed by atoms with Crippen LogP contribution in [0.25, 0.3) is 0 Å². The van der Waals surface area contributed by atoms with Crippen molar-refractivity contribution in [1.29, 1.82) is 0 Å². The van der Waals surface area contributed by atoms with Crippen molar-refractivity contribution in [2.45, 2.75) is 45.2 Å². The van der Waals surface area contributed by atoms with Crippen LogP contribution in [-0.4, -0.2) is 55.5 Å². The second-order valence-corrected chi connectivity index (χ2v) is 7.86. The zero-order chi connectivity index (χ0) is 17.2. The number of rotatable bonds is 3. The lowest BCUT2D eigenvalue weighted by Crippen LogP contribution is -2.53. The number of nitrogens with zero attached hydrogens (tertiary/aromatic N) is 2. The molecule has 1 aliphatic heterocycles. The number of hydrogen-bond acceptors (Lipinski definition) is 3. The molecule has 1 aliphatic rings. The standard InChI is InChI=1S/C19H31N3O/c1-14-13-22(12-11-20-14)17(18(23)21(5)6)15-7-9-16(10-8-15)19(2,3)4/h7-10,14,17,20H,11-13H2,1-6H3. The second-order valence-electron chi connectivity index (χ2n) is 7.86. The summed E-state index contributed by atoms with van der Waals surface area (Å²) in [5, 5.41) is 3.45. The smallest absolute Gasteiger partial charge is 0.244 e. The maximum absolute atomic E-state index is 12.8. The molecule has 0 aliphatic carbocycles. The van der Waals surface area contributed by atoms with E-state index in [2.05, 4.69) is 62.2 Å². The Hall–Kier alpha value is -1.39. The van der Waals surface area contributed by atoms with Crippen molar-refractivity contribution in [2.24, 2.45) is 0 Å². The highest BCUT2D eigenvalue weighted by atomic mass is 16.2. The van der Waals surface area contributed by atoms with Crippen LogP contribution in [0.1, 0.15) is 44.9 Å². The van der Waals surface area contributed by atoms with E-state index < -0.39 is 0 Å². The van der Waals surface area contributed by atoms with Crippen LogP contribution >= 0.6 is 0 Å². The Kier molecular flexibility index (Phi) is 5.48. The van der Waals surface area contributed by atoms with Crippen molar-refractivity contribution >= 4 is 5.91 Å². The van der Waals surface area contributed by atoms with E-state index in [0.717, 1.165) is 25.2 Å². The lowest BCUT2D eigenvalue weighted by molar-refractivity contribution is -0.135. The van der Waals surface area contributed by atoms with Crippen molar-refractivity contribution in [3.05, 3.63) is 35.4 Å². The zero-order valence-corrected chi connectivity index (χ0v) is 15.4. The third kappa shape index (κ3) is 4.33. The van der Waals surface area contributed by atoms with Gasteiger partial charge in [0, 0.05) is 39.8 Å². The van der Waals surface area contributed by atoms with Crippen molar-refractivity contribution in [3.8, 4) is 0 Å². The molecule has 0 aromatic heterocycles. The van der Waals surface area contributed by atoms with Crippen molar-refractivity contribution in [2.75, 3.05) is 33.7 Å². The minimum atomic E-state index is -0.191. The molecule has 1 aromatic rings. The van der Waals surface area contributed by atoms with Gasteiger partial charge in [0.2, 0.25) is 5.91 Å². The largest absolute Gasteiger partial charge is 0.347 e. The van der Waals surface area contributed by atoms with E-state index in [-0.39, 0.29) is 17.4 Å². The first-order valence-electron chi connectivity index (χ1n) is 8.49. The summed E-state index contributed by atoms with van der Waals surface area (Å²) in [6.07, 6.45) is 0. The Balaban J connectivity index is 2.31. The van der Waals surface area contributed by atoms with Crippen LogP contribution < -0.4 is 5.32 Å². The Morgan fingerprint density at radius 2 is 1.87 bits per heavy atom. The molecule has 0 spiro atoms. The zero-order valence-electron chi connectivity index (χ0n) is 15.4. The van der Waals surface area contributed by atoms with Crippen molar-refractivity contribution in [3.63, 3.8) is 0 Å². The van der Waals surface area contributed by atoms with Gasteiger partial charge in [0.25, 0.3) is 0 Å². The van der Waals surface area contributed by atoms with Crippen LogP contribution in [-0.2, 0) is 10.2 Å². The molecule has 23 heavy (non-hydrogen) atoms. The van der Waals surface area contributed by atoms with Crippen LogP contribution in [0, 0.1) is 0 Å². The van der Waals surface area contributed by atoms with Crippen molar-refractivity contribution in [1.82, 2.24) is 15.1 Å². The summed E-state index contributed by atoms with van der Waals surface area (Å²) in [6, 6.07) is 8.80. The third-order valence-corrected chi connectivity index (χ3v) is 4.53. The van der Waals surface area contributed by atoms with Crippen LogP contribution in [0.5, 0.6) is 0 Å². The van der Waals surface area contributed by atoms with E-state index >= 15 is 0 Å². The number of nitrogens with one attached hydrogen (secondary N) is 1. The first kappa shape index (κ1) is 18.0. The van der Waals surface area contributed by atoms with E-state index in [1.807, 2.05) is 14.1 Å². The van der Waals surface area contributed by atoms with E-state index in [9.17, 15) is 4.79 Å². The molecule has 2 atom stereocenters. The van der Waals surface area contributed by atoms with Gasteiger partial charge in [-0.3, -0.25) is 9.69 Å². The Morgan fingerprint density at radius 1 is 1.26 bits per heavy atom. The minimum absolute atomic E-state index is 0.128. The predicted molar refractivity (Wildman–Crippen MR) is 95.6 cm³/mol. The molecule has 4 nitrogen and oxygen atoms in total. The Morgan fingerprint density at radius 3 is 2.35 bits per heavy atom. The van der Waals surface area contributed by atoms with Gasteiger partial charge in [0.15, 0.2) is 0 Å². The van der Waals surface area contributed by atoms with Gasteiger partial charge in [-0.25, -0.2) is 0 Å². The van der Waals surface area contributed by atoms with E-state index in [4.69, 9.17) is 0 Å². The summed E-state index contributed by atoms with van der Waals surface area (Å²) in [5.41, 5.74) is 2.51. The molecule has 1 amide bonds. The molecule has 0 bridgehead atoms. The number of benzene rings is 1. The molecule has 128 valence electrons. The summed E-state index contributed by atoms with van der Waals surface area (Å²) in [4.78, 5) is 16.8. The SMILES string of the molecule is CC1CN(C(C(=O)N(C)C)c2ccc(C(C)(C)C)cc2)CCN1. The number of amides is 1. The average molecular weight is 317 g/mol. The monoisotopic (exact) mass is 317 g/mol. The van der Waals surface area contributed by atoms with E-state index in [0.29, 0.717) is 6.04 Å². The maximum atomic E-state index is 12.8. The first-order valence-corrected chi connectivity index (χ1v) is 8.49. The van der Waals surface area contributed by atoms with Crippen LogP contribution in [0.4, 0.5) is 0 Å². The van der Waals surface area contributed by atoms with Crippen LogP contribution in [0.2, 0.25) is 0 Å². The molecule has 1 aromatic carbocycles. The lowest BCUT2D eigenvalue weighted by Gasteiger charge is -2.38. The fourth-order valence-corrected chi connectivity index (χ4v) is 3.12. The van der Waals surface area contributed by atoms with Gasteiger partial charge in [-0.15, -0.1) is 0 Å². The summed E-state index contributed by atoms with van der Waals surface area (Å²) >= 11 is 0. The molecule has 1 N–H and O–H groups in total. The molecule has 1 heterocycles. The minimum Gasteiger partial charge on any atom is -0.347 e. The van der Waals surface area contributed by atoms with E-state index in [1.165, 1.54) is 5.56 Å². The molecule has 1 saturated heterocycles. The number of likely N-dealkylation sites (N-methyl/N-ethyl adjacent to an activating group) is 1. The number of carbonyl (C=O) groups is 1. The maximum Gasteiger partial charge on any atom is 0.244 e. The average Bonchev–Trinajstić information content (AvgIpc) is 2.47. The lowest BCUT2D eigenvalue weighted by atomic mass is 9.86. The van der Waals surface area contributed by atoms with Gasteiger partial charge in [0.05, 0.1) is 0 Å². The molecule has 0 saturated carbocycles. The van der Waals surface area contributed by atoms with Gasteiger partial charge in [-0.05, 0) is 23.5 Å². The Labute approximate surface area is 140 Å². The highest BCUT2D eigenvalue weighted by Gasteiger charge is 2.31. The van der Waals surface area contributed by atoms with Crippen LogP contribution in [0.15, 0.2) is 24.3 Å². The normalized spacial score (nSPS) is 21.0. The number of piperazine rings is 1. The highest BCUT2D eigenvalue weighted by molar-refractivity contribution is 5.83. The first-order chi connectivity index (χ1) is 10.7. The predicted octanol–water partition coefficient (Wildman–Crippen LogP) is 2.41. The quantitative estimate of drug-likeness (QED) is 0.930. The molecule has 2 rings (SSSR count). The molecule has 2 unspecified atom stereocenters. The summed E-state index contributed by atoms with van der Waals surface area (Å²) < 4.78 is 0. The highest BCUT2D eigenvalue weighted by Crippen LogP contribution is 2.28. The molecular weight excluding hydrogens is 286 g/mol. The molecule has 1 fully saturated rings. The van der Waals surface area contributed by atoms with Gasteiger partial charge in [0.1, 0.15) is 6.04 Å². The van der Waals surface area contributed by atoms with Gasteiger partial charge in [-0.1, -0.05) is 45.0 Å². The molecular formula is C19H31N3O. The van der Waals surface area contributed by atoms with Gasteiger partial charge in [-0.2, -0.15) is 0 Å².